The van der Waals surface area contributed by atoms with Crippen molar-refractivity contribution in [3.8, 4) is 0 Å². The van der Waals surface area contributed by atoms with Crippen molar-refractivity contribution in [3.05, 3.63) is 0 Å². The molecule has 94 valence electrons. The van der Waals surface area contributed by atoms with Crippen LogP contribution in [0.2, 0.25) is 0 Å². The molecule has 1 aliphatic heterocycles. The molecule has 3 heteroatoms. The van der Waals surface area contributed by atoms with Gasteiger partial charge in [-0.1, -0.05) is 20.3 Å². The largest absolute Gasteiger partial charge is 0.346 e. The summed E-state index contributed by atoms with van der Waals surface area (Å²) in [6.07, 6.45) is 5.68. The average Bonchev–Trinajstić information content (AvgIpc) is 2.26. The molecule has 1 heterocycles. The van der Waals surface area contributed by atoms with Gasteiger partial charge < -0.3 is 10.2 Å². The molecule has 1 atom stereocenters. The van der Waals surface area contributed by atoms with Crippen LogP contribution in [0.25, 0.3) is 0 Å². The number of nitrogens with zero attached hydrogens (tertiary/aromatic N) is 1. The minimum absolute atomic E-state index is 0.283. The molecule has 0 aromatic heterocycles. The third kappa shape index (κ3) is 4.97. The first kappa shape index (κ1) is 13.5. The molecule has 1 fully saturated rings. The van der Waals surface area contributed by atoms with Crippen molar-refractivity contribution in [2.45, 2.75) is 52.0 Å². The van der Waals surface area contributed by atoms with Gasteiger partial charge in [-0.05, 0) is 31.7 Å². The standard InChI is InChI=1S/C13H26N2O/c1-11(2)10-13(16)15(3)9-7-12-6-4-5-8-14-12/h11-12,14H,4-10H2,1-3H3. The lowest BCUT2D eigenvalue weighted by molar-refractivity contribution is -0.130. The van der Waals surface area contributed by atoms with Crippen LogP contribution in [0.4, 0.5) is 0 Å². The van der Waals surface area contributed by atoms with Crippen LogP contribution >= 0.6 is 0 Å². The van der Waals surface area contributed by atoms with Crippen molar-refractivity contribution in [3.63, 3.8) is 0 Å². The lowest BCUT2D eigenvalue weighted by Crippen LogP contribution is -2.38. The summed E-state index contributed by atoms with van der Waals surface area (Å²) < 4.78 is 0. The van der Waals surface area contributed by atoms with Gasteiger partial charge in [-0.2, -0.15) is 0 Å². The highest BCUT2D eigenvalue weighted by molar-refractivity contribution is 5.75. The number of carbonyl (C=O) groups is 1. The number of amides is 1. The second-order valence-electron chi connectivity index (χ2n) is 5.35. The average molecular weight is 226 g/mol. The van der Waals surface area contributed by atoms with E-state index in [0.29, 0.717) is 18.4 Å². The molecule has 1 aliphatic rings. The number of piperidine rings is 1. The first-order valence-corrected chi connectivity index (χ1v) is 6.57. The molecule has 0 aromatic carbocycles. The molecule has 16 heavy (non-hydrogen) atoms. The van der Waals surface area contributed by atoms with Crippen LogP contribution in [0.5, 0.6) is 0 Å². The maximum absolute atomic E-state index is 11.7. The molecule has 0 aliphatic carbocycles. The summed E-state index contributed by atoms with van der Waals surface area (Å²) in [6.45, 7) is 6.22. The Hall–Kier alpha value is -0.570. The van der Waals surface area contributed by atoms with Gasteiger partial charge in [0.2, 0.25) is 5.91 Å². The molecule has 0 radical (unpaired) electrons. The Kier molecular flexibility index (Phi) is 5.81. The highest BCUT2D eigenvalue weighted by Crippen LogP contribution is 2.11. The van der Waals surface area contributed by atoms with Crippen molar-refractivity contribution >= 4 is 5.91 Å². The van der Waals surface area contributed by atoms with E-state index in [1.807, 2.05) is 11.9 Å². The maximum atomic E-state index is 11.7. The van der Waals surface area contributed by atoms with E-state index in [4.69, 9.17) is 0 Å². The second kappa shape index (κ2) is 6.89. The zero-order chi connectivity index (χ0) is 12.0. The van der Waals surface area contributed by atoms with Crippen molar-refractivity contribution in [1.29, 1.82) is 0 Å². The summed E-state index contributed by atoms with van der Waals surface area (Å²) >= 11 is 0. The molecule has 1 N–H and O–H groups in total. The summed E-state index contributed by atoms with van der Waals surface area (Å²) in [5.41, 5.74) is 0. The van der Waals surface area contributed by atoms with Crippen molar-refractivity contribution in [2.24, 2.45) is 5.92 Å². The van der Waals surface area contributed by atoms with E-state index in [2.05, 4.69) is 19.2 Å². The number of hydrogen-bond donors (Lipinski definition) is 1. The summed E-state index contributed by atoms with van der Waals surface area (Å²) in [6, 6.07) is 0.628. The van der Waals surface area contributed by atoms with Crippen LogP contribution in [-0.4, -0.2) is 37.0 Å². The number of carbonyl (C=O) groups excluding carboxylic acids is 1. The van der Waals surface area contributed by atoms with Crippen molar-refractivity contribution < 1.29 is 4.79 Å². The van der Waals surface area contributed by atoms with Crippen LogP contribution in [0.1, 0.15) is 46.0 Å². The molecule has 1 rings (SSSR count). The quantitative estimate of drug-likeness (QED) is 0.778. The Morgan fingerprint density at radius 1 is 1.44 bits per heavy atom. The number of rotatable bonds is 5. The first-order valence-electron chi connectivity index (χ1n) is 6.57. The Labute approximate surface area is 99.6 Å². The Bertz CT molecular complexity index is 210. The van der Waals surface area contributed by atoms with Gasteiger partial charge in [-0.25, -0.2) is 0 Å². The van der Waals surface area contributed by atoms with Gasteiger partial charge in [0.25, 0.3) is 0 Å². The highest BCUT2D eigenvalue weighted by Gasteiger charge is 2.15. The third-order valence-corrected chi connectivity index (χ3v) is 3.23. The van der Waals surface area contributed by atoms with E-state index in [1.54, 1.807) is 0 Å². The predicted molar refractivity (Wildman–Crippen MR) is 67.4 cm³/mol. The Morgan fingerprint density at radius 2 is 2.19 bits per heavy atom. The van der Waals surface area contributed by atoms with E-state index in [0.717, 1.165) is 19.5 Å². The fraction of sp³-hybridized carbons (Fsp3) is 0.923. The zero-order valence-corrected chi connectivity index (χ0v) is 11.0. The zero-order valence-electron chi connectivity index (χ0n) is 11.0. The van der Waals surface area contributed by atoms with Gasteiger partial charge in [0.05, 0.1) is 0 Å². The fourth-order valence-electron chi connectivity index (χ4n) is 2.15. The molecule has 0 bridgehead atoms. The lowest BCUT2D eigenvalue weighted by atomic mass is 10.0. The van der Waals surface area contributed by atoms with Crippen molar-refractivity contribution in [2.75, 3.05) is 20.1 Å². The topological polar surface area (TPSA) is 32.3 Å². The van der Waals surface area contributed by atoms with Gasteiger partial charge in [0.1, 0.15) is 0 Å². The van der Waals surface area contributed by atoms with E-state index in [-0.39, 0.29) is 5.91 Å². The maximum Gasteiger partial charge on any atom is 0.222 e. The third-order valence-electron chi connectivity index (χ3n) is 3.23. The highest BCUT2D eigenvalue weighted by atomic mass is 16.2. The van der Waals surface area contributed by atoms with E-state index in [1.165, 1.54) is 19.3 Å². The summed E-state index contributed by atoms with van der Waals surface area (Å²) in [5, 5.41) is 3.52. The molecule has 0 spiro atoms. The van der Waals surface area contributed by atoms with Crippen LogP contribution < -0.4 is 5.32 Å². The monoisotopic (exact) mass is 226 g/mol. The molecule has 0 aromatic rings. The van der Waals surface area contributed by atoms with Crippen LogP contribution in [0, 0.1) is 5.92 Å². The molecule has 1 saturated heterocycles. The smallest absolute Gasteiger partial charge is 0.222 e. The normalized spacial score (nSPS) is 21.1. The summed E-state index contributed by atoms with van der Waals surface area (Å²) in [4.78, 5) is 13.6. The number of nitrogens with one attached hydrogen (secondary N) is 1. The van der Waals surface area contributed by atoms with Gasteiger partial charge in [-0.15, -0.1) is 0 Å². The van der Waals surface area contributed by atoms with Crippen LogP contribution in [0.3, 0.4) is 0 Å². The van der Waals surface area contributed by atoms with E-state index < -0.39 is 0 Å². The summed E-state index contributed by atoms with van der Waals surface area (Å²) in [7, 11) is 1.92. The molecule has 1 unspecified atom stereocenters. The second-order valence-corrected chi connectivity index (χ2v) is 5.35. The van der Waals surface area contributed by atoms with E-state index >= 15 is 0 Å². The summed E-state index contributed by atoms with van der Waals surface area (Å²) in [5.74, 6) is 0.744. The van der Waals surface area contributed by atoms with Gasteiger partial charge in [-0.3, -0.25) is 4.79 Å². The SMILES string of the molecule is CC(C)CC(=O)N(C)CCC1CCCCN1. The van der Waals surface area contributed by atoms with Gasteiger partial charge in [0.15, 0.2) is 0 Å². The van der Waals surface area contributed by atoms with Crippen molar-refractivity contribution in [1.82, 2.24) is 10.2 Å². The van der Waals surface area contributed by atoms with E-state index in [9.17, 15) is 4.79 Å². The molecular weight excluding hydrogens is 200 g/mol. The minimum Gasteiger partial charge on any atom is -0.346 e. The lowest BCUT2D eigenvalue weighted by Gasteiger charge is -2.26. The van der Waals surface area contributed by atoms with Gasteiger partial charge >= 0.3 is 0 Å². The molecule has 0 saturated carbocycles. The molecule has 1 amide bonds. The minimum atomic E-state index is 0.283. The van der Waals surface area contributed by atoms with Crippen LogP contribution in [0.15, 0.2) is 0 Å². The van der Waals surface area contributed by atoms with Gasteiger partial charge in [0, 0.05) is 26.1 Å². The Morgan fingerprint density at radius 3 is 2.75 bits per heavy atom. The molecule has 3 nitrogen and oxygen atoms in total. The fourth-order valence-corrected chi connectivity index (χ4v) is 2.15. The number of hydrogen-bond acceptors (Lipinski definition) is 2. The first-order chi connectivity index (χ1) is 7.59. The predicted octanol–water partition coefficient (Wildman–Crippen LogP) is 2.02. The Balaban J connectivity index is 2.17. The van der Waals surface area contributed by atoms with Crippen LogP contribution in [-0.2, 0) is 4.79 Å². The molecular formula is C13H26N2O.